The van der Waals surface area contributed by atoms with Gasteiger partial charge in [-0.05, 0) is 36.6 Å². The molecule has 2 aliphatic rings. The van der Waals surface area contributed by atoms with Crippen LogP contribution in [0.1, 0.15) is 18.1 Å². The number of nitrogens with zero attached hydrogens (tertiary/aromatic N) is 1. The molecule has 1 aliphatic heterocycles. The molecule has 1 aliphatic carbocycles. The van der Waals surface area contributed by atoms with Crippen LogP contribution in [0.2, 0.25) is 0 Å². The molecule has 0 aromatic heterocycles. The molecule has 1 amide bonds. The maximum atomic E-state index is 12.5. The minimum absolute atomic E-state index is 0.0632. The van der Waals surface area contributed by atoms with Crippen LogP contribution >= 0.6 is 0 Å². The van der Waals surface area contributed by atoms with Crippen LogP contribution in [0.5, 0.6) is 5.75 Å². The molecule has 1 heterocycles. The Kier molecular flexibility index (Phi) is 2.46. The molecule has 19 heavy (non-hydrogen) atoms. The van der Waals surface area contributed by atoms with Gasteiger partial charge >= 0.3 is 0 Å². The van der Waals surface area contributed by atoms with E-state index in [4.69, 9.17) is 4.74 Å². The number of Topliss-reactive ketones (excluding diaryl/α,β-unsaturated/α-hetero) is 1. The number of likely N-dealkylation sites (N-methyl/N-ethyl adjacent to an activating group) is 1. The van der Waals surface area contributed by atoms with Crippen LogP contribution in [0.15, 0.2) is 18.2 Å². The maximum absolute atomic E-state index is 12.5. The van der Waals surface area contributed by atoms with Gasteiger partial charge in [0.2, 0.25) is 5.91 Å². The average Bonchev–Trinajstić information content (AvgIpc) is 2.41. The first-order valence-electron chi connectivity index (χ1n) is 6.45. The second-order valence-corrected chi connectivity index (χ2v) is 5.60. The van der Waals surface area contributed by atoms with Gasteiger partial charge in [0, 0.05) is 19.5 Å². The van der Waals surface area contributed by atoms with Crippen molar-refractivity contribution in [2.45, 2.75) is 18.8 Å². The third-order valence-corrected chi connectivity index (χ3v) is 4.45. The van der Waals surface area contributed by atoms with Crippen LogP contribution in [0, 0.1) is 5.92 Å². The number of amides is 1. The lowest BCUT2D eigenvalue weighted by molar-refractivity contribution is -0.151. The van der Waals surface area contributed by atoms with E-state index in [0.29, 0.717) is 13.0 Å². The molecular formula is C15H17NO3. The van der Waals surface area contributed by atoms with E-state index in [2.05, 4.69) is 0 Å². The highest BCUT2D eigenvalue weighted by Crippen LogP contribution is 2.42. The van der Waals surface area contributed by atoms with Crippen LogP contribution in [-0.2, 0) is 21.4 Å². The Bertz CT molecular complexity index is 581. The van der Waals surface area contributed by atoms with Gasteiger partial charge < -0.3 is 9.64 Å². The first kappa shape index (κ1) is 12.2. The fraction of sp³-hybridized carbons (Fsp3) is 0.467. The number of piperidine rings is 1. The molecule has 0 N–H and O–H groups in total. The summed E-state index contributed by atoms with van der Waals surface area (Å²) in [7, 11) is 3.39. The monoisotopic (exact) mass is 259 g/mol. The molecule has 0 unspecified atom stereocenters. The molecule has 0 saturated carbocycles. The number of fused-ring (bicyclic) bond motifs is 4. The number of carbonyl (C=O) groups is 2. The summed E-state index contributed by atoms with van der Waals surface area (Å²) in [6.45, 7) is 2.27. The van der Waals surface area contributed by atoms with Crippen molar-refractivity contribution in [2.24, 2.45) is 5.92 Å². The van der Waals surface area contributed by atoms with E-state index in [-0.39, 0.29) is 17.6 Å². The average molecular weight is 259 g/mol. The van der Waals surface area contributed by atoms with Crippen LogP contribution < -0.4 is 4.74 Å². The van der Waals surface area contributed by atoms with Gasteiger partial charge in [0.15, 0.2) is 5.78 Å². The highest BCUT2D eigenvalue weighted by atomic mass is 16.5. The number of hydrogen-bond donors (Lipinski definition) is 0. The fourth-order valence-electron chi connectivity index (χ4n) is 3.42. The molecule has 2 atom stereocenters. The van der Waals surface area contributed by atoms with E-state index < -0.39 is 5.41 Å². The van der Waals surface area contributed by atoms with E-state index >= 15 is 0 Å². The largest absolute Gasteiger partial charge is 0.497 e. The highest BCUT2D eigenvalue weighted by Gasteiger charge is 2.54. The summed E-state index contributed by atoms with van der Waals surface area (Å²) in [6.07, 6.45) is 0.693. The molecule has 1 fully saturated rings. The lowest BCUT2D eigenvalue weighted by atomic mass is 9.63. The Hall–Kier alpha value is -1.84. The summed E-state index contributed by atoms with van der Waals surface area (Å²) in [5.41, 5.74) is 0.886. The van der Waals surface area contributed by atoms with Crippen molar-refractivity contribution in [3.63, 3.8) is 0 Å². The Morgan fingerprint density at radius 1 is 1.37 bits per heavy atom. The molecule has 1 saturated heterocycles. The van der Waals surface area contributed by atoms with Gasteiger partial charge in [0.1, 0.15) is 11.2 Å². The van der Waals surface area contributed by atoms with Crippen LogP contribution in [0.3, 0.4) is 0 Å². The van der Waals surface area contributed by atoms with Crippen molar-refractivity contribution >= 4 is 11.7 Å². The first-order valence-corrected chi connectivity index (χ1v) is 6.45. The zero-order valence-corrected chi connectivity index (χ0v) is 11.4. The highest BCUT2D eigenvalue weighted by molar-refractivity contribution is 6.15. The van der Waals surface area contributed by atoms with Gasteiger partial charge in [-0.3, -0.25) is 9.59 Å². The predicted molar refractivity (Wildman–Crippen MR) is 70.2 cm³/mol. The number of ether oxygens (including phenoxy) is 1. The molecule has 0 radical (unpaired) electrons. The van der Waals surface area contributed by atoms with Crippen molar-refractivity contribution < 1.29 is 14.3 Å². The molecule has 3 rings (SSSR count). The summed E-state index contributed by atoms with van der Waals surface area (Å²) in [5, 5.41) is 0. The standard InChI is InChI=1S/C15H17NO3/c1-15-12-5-4-11(19-3)7-9(12)6-10(13(15)17)8-16(2)14(15)18/h4-5,7,10H,6,8H2,1-3H3/t10-,15-/m0/s1. The number of methoxy groups -OCH3 is 1. The van der Waals surface area contributed by atoms with Crippen molar-refractivity contribution in [3.05, 3.63) is 29.3 Å². The van der Waals surface area contributed by atoms with Gasteiger partial charge in [-0.1, -0.05) is 6.07 Å². The smallest absolute Gasteiger partial charge is 0.240 e. The lowest BCUT2D eigenvalue weighted by Gasteiger charge is -2.45. The number of benzene rings is 1. The third-order valence-electron chi connectivity index (χ3n) is 4.45. The summed E-state index contributed by atoms with van der Waals surface area (Å²) in [5.74, 6) is 0.649. The number of ketones is 1. The summed E-state index contributed by atoms with van der Waals surface area (Å²) in [6, 6.07) is 5.63. The van der Waals surface area contributed by atoms with Crippen molar-refractivity contribution in [2.75, 3.05) is 20.7 Å². The van der Waals surface area contributed by atoms with E-state index in [9.17, 15) is 9.59 Å². The maximum Gasteiger partial charge on any atom is 0.240 e. The summed E-state index contributed by atoms with van der Waals surface area (Å²) >= 11 is 0. The molecule has 2 bridgehead atoms. The Labute approximate surface area is 112 Å². The predicted octanol–water partition coefficient (Wildman–Crippen LogP) is 1.17. The van der Waals surface area contributed by atoms with E-state index in [1.54, 1.807) is 26.0 Å². The second-order valence-electron chi connectivity index (χ2n) is 5.60. The Morgan fingerprint density at radius 3 is 2.79 bits per heavy atom. The van der Waals surface area contributed by atoms with Crippen LogP contribution in [0.4, 0.5) is 0 Å². The van der Waals surface area contributed by atoms with Crippen molar-refractivity contribution in [1.29, 1.82) is 0 Å². The van der Waals surface area contributed by atoms with Gasteiger partial charge in [0.25, 0.3) is 0 Å². The molecule has 0 spiro atoms. The van der Waals surface area contributed by atoms with E-state index in [1.165, 1.54) is 0 Å². The van der Waals surface area contributed by atoms with Gasteiger partial charge in [0.05, 0.1) is 7.11 Å². The minimum Gasteiger partial charge on any atom is -0.497 e. The molecule has 1 aromatic carbocycles. The minimum atomic E-state index is -1.02. The SMILES string of the molecule is COc1ccc2c(c1)C[C@H]1CN(C)C(=O)[C@]2(C)C1=O. The Morgan fingerprint density at radius 2 is 2.11 bits per heavy atom. The quantitative estimate of drug-likeness (QED) is 0.711. The Balaban J connectivity index is 2.21. The number of carbonyl (C=O) groups excluding carboxylic acids is 2. The van der Waals surface area contributed by atoms with Crippen LogP contribution in [0.25, 0.3) is 0 Å². The van der Waals surface area contributed by atoms with E-state index in [1.807, 2.05) is 18.2 Å². The molecule has 100 valence electrons. The van der Waals surface area contributed by atoms with Gasteiger partial charge in [-0.25, -0.2) is 0 Å². The topological polar surface area (TPSA) is 46.6 Å². The van der Waals surface area contributed by atoms with Gasteiger partial charge in [-0.2, -0.15) is 0 Å². The lowest BCUT2D eigenvalue weighted by Crippen LogP contribution is -2.61. The molecular weight excluding hydrogens is 242 g/mol. The number of likely N-dealkylation sites (tertiary alicyclic amines) is 1. The van der Waals surface area contributed by atoms with Crippen LogP contribution in [-0.4, -0.2) is 37.3 Å². The zero-order chi connectivity index (χ0) is 13.8. The van der Waals surface area contributed by atoms with E-state index in [0.717, 1.165) is 16.9 Å². The normalized spacial score (nSPS) is 29.2. The summed E-state index contributed by atoms with van der Waals surface area (Å²) < 4.78 is 5.23. The van der Waals surface area contributed by atoms with Crippen molar-refractivity contribution in [1.82, 2.24) is 4.90 Å². The number of hydrogen-bond acceptors (Lipinski definition) is 3. The summed E-state index contributed by atoms with van der Waals surface area (Å²) in [4.78, 5) is 26.7. The fourth-order valence-corrected chi connectivity index (χ4v) is 3.42. The molecule has 4 nitrogen and oxygen atoms in total. The number of rotatable bonds is 1. The molecule has 1 aromatic rings. The zero-order valence-electron chi connectivity index (χ0n) is 11.4. The third kappa shape index (κ3) is 1.46. The second kappa shape index (κ2) is 3.83. The van der Waals surface area contributed by atoms with Crippen molar-refractivity contribution in [3.8, 4) is 5.75 Å². The first-order chi connectivity index (χ1) is 8.98. The molecule has 4 heteroatoms. The van der Waals surface area contributed by atoms with Gasteiger partial charge in [-0.15, -0.1) is 0 Å².